The number of nitrogens with zero attached hydrogens (tertiary/aromatic N) is 2. The van der Waals surface area contributed by atoms with Gasteiger partial charge in [0.25, 0.3) is 0 Å². The molecule has 2 aromatic carbocycles. The first-order valence-electron chi connectivity index (χ1n) is 13.6. The Morgan fingerprint density at radius 1 is 0.615 bits per heavy atom. The summed E-state index contributed by atoms with van der Waals surface area (Å²) in [6.45, 7) is 21.5. The Hall–Kier alpha value is -1.11. The van der Waals surface area contributed by atoms with Gasteiger partial charge in [-0.2, -0.15) is 0 Å². The van der Waals surface area contributed by atoms with E-state index in [1.54, 1.807) is 0 Å². The first-order chi connectivity index (χ1) is 17.1. The van der Waals surface area contributed by atoms with Crippen molar-refractivity contribution in [3.8, 4) is 11.5 Å². The van der Waals surface area contributed by atoms with Crippen LogP contribution in [0.1, 0.15) is 76.6 Å². The molecule has 0 spiro atoms. The number of aryl methyl sites for hydroxylation is 2. The fourth-order valence-corrected chi connectivity index (χ4v) is 5.23. The van der Waals surface area contributed by atoms with Crippen LogP contribution in [0, 0.1) is 13.8 Å². The van der Waals surface area contributed by atoms with Gasteiger partial charge < -0.3 is 19.3 Å². The van der Waals surface area contributed by atoms with Crippen molar-refractivity contribution in [1.29, 1.82) is 0 Å². The molecule has 0 amide bonds. The minimum atomic E-state index is -0.00421. The van der Waals surface area contributed by atoms with Gasteiger partial charge >= 0.3 is 0 Å². The average Bonchev–Trinajstić information content (AvgIpc) is 2.75. The van der Waals surface area contributed by atoms with Crippen LogP contribution in [0.4, 0.5) is 0 Å². The Morgan fingerprint density at radius 2 is 0.949 bits per heavy atom. The van der Waals surface area contributed by atoms with Crippen LogP contribution in [0.5, 0.6) is 11.5 Å². The summed E-state index contributed by atoms with van der Waals surface area (Å²) in [5, 5.41) is 0. The van der Waals surface area contributed by atoms with E-state index in [4.69, 9.17) is 9.47 Å². The Balaban J connectivity index is 0.00000722. The number of halogens is 2. The summed E-state index contributed by atoms with van der Waals surface area (Å²) < 4.78 is 12.6. The van der Waals surface area contributed by atoms with E-state index in [9.17, 15) is 0 Å². The molecule has 224 valence electrons. The molecular weight excluding hydrogens is 547 g/mol. The van der Waals surface area contributed by atoms with Crippen molar-refractivity contribution in [2.75, 3.05) is 54.5 Å². The number of benzene rings is 2. The first-order valence-corrected chi connectivity index (χ1v) is 14.4. The molecule has 0 N–H and O–H groups in total. The minimum Gasteiger partial charge on any atom is -0.493 e. The molecule has 0 saturated carbocycles. The standard InChI is InChI=1S/C32H52N2O2S.2ClH/c1-23-19-27(35-17-13-15-33(9)10)25(31(3,4)5)21-29(23)37-30-22-26(32(6,7)8)28(20-24(30)2)36-18-14-16-34(11)12;;/h19-22H,13-18H2,1-12H3;2*1H. The monoisotopic (exact) mass is 600 g/mol. The van der Waals surface area contributed by atoms with E-state index in [1.165, 1.54) is 32.0 Å². The van der Waals surface area contributed by atoms with E-state index >= 15 is 0 Å². The van der Waals surface area contributed by atoms with Gasteiger partial charge in [0.2, 0.25) is 0 Å². The van der Waals surface area contributed by atoms with Crippen LogP contribution in [0.15, 0.2) is 34.1 Å². The predicted octanol–water partition coefficient (Wildman–Crippen LogP) is 8.55. The molecular formula is C32H54Cl2N2O2S. The van der Waals surface area contributed by atoms with Gasteiger partial charge in [0.05, 0.1) is 13.2 Å². The molecule has 39 heavy (non-hydrogen) atoms. The van der Waals surface area contributed by atoms with Crippen LogP contribution in [0.2, 0.25) is 0 Å². The first kappa shape index (κ1) is 37.9. The van der Waals surface area contributed by atoms with E-state index in [0.29, 0.717) is 0 Å². The molecule has 0 radical (unpaired) electrons. The molecule has 0 heterocycles. The summed E-state index contributed by atoms with van der Waals surface area (Å²) in [6.07, 6.45) is 2.04. The Kier molecular flexibility index (Phi) is 15.9. The highest BCUT2D eigenvalue weighted by Gasteiger charge is 2.24. The van der Waals surface area contributed by atoms with Crippen LogP contribution < -0.4 is 9.47 Å². The highest BCUT2D eigenvalue weighted by Crippen LogP contribution is 2.43. The number of rotatable bonds is 12. The molecule has 2 aromatic rings. The molecule has 0 saturated heterocycles. The van der Waals surface area contributed by atoms with Crippen LogP contribution in [-0.4, -0.2) is 64.3 Å². The van der Waals surface area contributed by atoms with E-state index in [1.807, 2.05) is 11.8 Å². The average molecular weight is 602 g/mol. The molecule has 7 heteroatoms. The van der Waals surface area contributed by atoms with Crippen molar-refractivity contribution in [2.45, 2.75) is 88.9 Å². The quantitative estimate of drug-likeness (QED) is 0.227. The Morgan fingerprint density at radius 3 is 1.23 bits per heavy atom. The van der Waals surface area contributed by atoms with Gasteiger partial charge in [0.15, 0.2) is 0 Å². The zero-order valence-corrected chi connectivity index (χ0v) is 28.9. The minimum absolute atomic E-state index is 0. The summed E-state index contributed by atoms with van der Waals surface area (Å²) in [5.41, 5.74) is 5.02. The van der Waals surface area contributed by atoms with Crippen LogP contribution in [0.3, 0.4) is 0 Å². The van der Waals surface area contributed by atoms with Gasteiger partial charge in [-0.25, -0.2) is 0 Å². The van der Waals surface area contributed by atoms with Gasteiger partial charge in [0.1, 0.15) is 11.5 Å². The fraction of sp³-hybridized carbons (Fsp3) is 0.625. The molecule has 0 aliphatic rings. The Labute approximate surface area is 256 Å². The van der Waals surface area contributed by atoms with E-state index in [2.05, 4.69) is 118 Å². The number of hydrogen-bond donors (Lipinski definition) is 0. The summed E-state index contributed by atoms with van der Waals surface area (Å²) in [5.74, 6) is 2.03. The molecule has 0 bridgehead atoms. The second kappa shape index (κ2) is 16.4. The smallest absolute Gasteiger partial charge is 0.123 e. The topological polar surface area (TPSA) is 24.9 Å². The summed E-state index contributed by atoms with van der Waals surface area (Å²) in [6, 6.07) is 9.17. The lowest BCUT2D eigenvalue weighted by atomic mass is 9.85. The Bertz CT molecular complexity index is 947. The lowest BCUT2D eigenvalue weighted by molar-refractivity contribution is 0.275. The predicted molar refractivity (Wildman–Crippen MR) is 176 cm³/mol. The maximum Gasteiger partial charge on any atom is 0.123 e. The molecule has 0 aliphatic carbocycles. The van der Waals surface area contributed by atoms with Crippen LogP contribution in [-0.2, 0) is 10.8 Å². The number of ether oxygens (including phenoxy) is 2. The van der Waals surface area contributed by atoms with Gasteiger partial charge in [-0.15, -0.1) is 24.8 Å². The lowest BCUT2D eigenvalue weighted by Gasteiger charge is -2.26. The van der Waals surface area contributed by atoms with Crippen molar-refractivity contribution in [3.63, 3.8) is 0 Å². The zero-order chi connectivity index (χ0) is 28.0. The van der Waals surface area contributed by atoms with Crippen molar-refractivity contribution >= 4 is 36.6 Å². The summed E-state index contributed by atoms with van der Waals surface area (Å²) in [7, 11) is 8.42. The third-order valence-electron chi connectivity index (χ3n) is 6.40. The van der Waals surface area contributed by atoms with Gasteiger partial charge in [-0.1, -0.05) is 53.3 Å². The van der Waals surface area contributed by atoms with Gasteiger partial charge in [-0.3, -0.25) is 0 Å². The molecule has 0 atom stereocenters. The van der Waals surface area contributed by atoms with Crippen LogP contribution >= 0.6 is 36.6 Å². The maximum atomic E-state index is 6.31. The molecule has 0 fully saturated rings. The zero-order valence-electron chi connectivity index (χ0n) is 26.5. The number of hydrogen-bond acceptors (Lipinski definition) is 5. The molecule has 0 unspecified atom stereocenters. The van der Waals surface area contributed by atoms with Gasteiger partial charge in [0, 0.05) is 34.0 Å². The summed E-state index contributed by atoms with van der Waals surface area (Å²) in [4.78, 5) is 6.97. The second-order valence-electron chi connectivity index (χ2n) is 12.8. The van der Waals surface area contributed by atoms with Crippen molar-refractivity contribution in [2.24, 2.45) is 0 Å². The largest absolute Gasteiger partial charge is 0.493 e. The highest BCUT2D eigenvalue weighted by atomic mass is 35.5. The van der Waals surface area contributed by atoms with Crippen molar-refractivity contribution < 1.29 is 9.47 Å². The summed E-state index contributed by atoms with van der Waals surface area (Å²) >= 11 is 1.86. The second-order valence-corrected chi connectivity index (χ2v) is 13.9. The third-order valence-corrected chi connectivity index (χ3v) is 7.72. The molecule has 2 rings (SSSR count). The van der Waals surface area contributed by atoms with E-state index < -0.39 is 0 Å². The van der Waals surface area contributed by atoms with Crippen molar-refractivity contribution in [1.82, 2.24) is 9.80 Å². The van der Waals surface area contributed by atoms with E-state index in [0.717, 1.165) is 50.6 Å². The van der Waals surface area contributed by atoms with Crippen molar-refractivity contribution in [3.05, 3.63) is 46.5 Å². The molecule has 0 aromatic heterocycles. The SMILES string of the molecule is Cc1cc(OCCCN(C)C)c(C(C)(C)C)cc1Sc1cc(C(C)(C)C)c(OCCCN(C)C)cc1C.Cl.Cl. The highest BCUT2D eigenvalue weighted by molar-refractivity contribution is 7.99. The lowest BCUT2D eigenvalue weighted by Crippen LogP contribution is -2.18. The third kappa shape index (κ3) is 12.1. The molecule has 4 nitrogen and oxygen atoms in total. The maximum absolute atomic E-state index is 6.31. The van der Waals surface area contributed by atoms with E-state index in [-0.39, 0.29) is 35.6 Å². The fourth-order valence-electron chi connectivity index (χ4n) is 4.20. The van der Waals surface area contributed by atoms with Gasteiger partial charge in [-0.05, 0) is 101 Å². The molecule has 0 aliphatic heterocycles. The van der Waals surface area contributed by atoms with Crippen LogP contribution in [0.25, 0.3) is 0 Å². The normalized spacial score (nSPS) is 11.8.